The second kappa shape index (κ2) is 6.60. The molecular weight excluding hydrogens is 262 g/mol. The van der Waals surface area contributed by atoms with Crippen LogP contribution in [-0.4, -0.2) is 26.9 Å². The van der Waals surface area contributed by atoms with Gasteiger partial charge in [-0.05, 0) is 30.4 Å². The first-order valence-electron chi connectivity index (χ1n) is 6.74. The fourth-order valence-corrected chi connectivity index (χ4v) is 2.66. The van der Waals surface area contributed by atoms with E-state index in [1.165, 1.54) is 0 Å². The third-order valence-electron chi connectivity index (χ3n) is 3.85. The predicted octanol–water partition coefficient (Wildman–Crippen LogP) is 3.25. The maximum absolute atomic E-state index is 6.22. The Labute approximate surface area is 120 Å². The molecule has 0 unspecified atom stereocenters. The first-order chi connectivity index (χ1) is 9.14. The first kappa shape index (κ1) is 14.6. The zero-order chi connectivity index (χ0) is 13.7. The van der Waals surface area contributed by atoms with Gasteiger partial charge in [0.25, 0.3) is 0 Å². The van der Waals surface area contributed by atoms with Gasteiger partial charge in [-0.25, -0.2) is 0 Å². The molecule has 0 amide bonds. The van der Waals surface area contributed by atoms with Crippen molar-refractivity contribution in [3.63, 3.8) is 0 Å². The van der Waals surface area contributed by atoms with Crippen molar-refractivity contribution in [2.45, 2.75) is 26.3 Å². The summed E-state index contributed by atoms with van der Waals surface area (Å²) < 4.78 is 10.8. The Morgan fingerprint density at radius 2 is 2.11 bits per heavy atom. The molecule has 19 heavy (non-hydrogen) atoms. The van der Waals surface area contributed by atoms with Gasteiger partial charge >= 0.3 is 0 Å². The van der Waals surface area contributed by atoms with Crippen LogP contribution in [0.25, 0.3) is 0 Å². The van der Waals surface area contributed by atoms with E-state index in [-0.39, 0.29) is 0 Å². The van der Waals surface area contributed by atoms with Crippen LogP contribution >= 0.6 is 11.6 Å². The summed E-state index contributed by atoms with van der Waals surface area (Å²) in [6.45, 7) is 5.76. The van der Waals surface area contributed by atoms with E-state index in [1.54, 1.807) is 7.11 Å². The number of methoxy groups -OCH3 is 1. The smallest absolute Gasteiger partial charge is 0.124 e. The van der Waals surface area contributed by atoms with Gasteiger partial charge in [-0.1, -0.05) is 24.6 Å². The molecule has 2 rings (SSSR count). The van der Waals surface area contributed by atoms with Crippen molar-refractivity contribution < 1.29 is 9.47 Å². The standard InChI is InChI=1S/C15H22ClNO2/c1-15(6-8-19-9-7-15)11-17-10-12-13(16)4-3-5-14(12)18-2/h3-5,17H,6-11H2,1-2H3. The zero-order valence-corrected chi connectivity index (χ0v) is 12.4. The molecule has 1 heterocycles. The lowest BCUT2D eigenvalue weighted by Crippen LogP contribution is -2.36. The van der Waals surface area contributed by atoms with Crippen LogP contribution in [0.3, 0.4) is 0 Å². The summed E-state index contributed by atoms with van der Waals surface area (Å²) in [5, 5.41) is 4.26. The van der Waals surface area contributed by atoms with Crippen LogP contribution in [0.2, 0.25) is 5.02 Å². The second-order valence-electron chi connectivity index (χ2n) is 5.45. The van der Waals surface area contributed by atoms with Crippen molar-refractivity contribution in [1.82, 2.24) is 5.32 Å². The van der Waals surface area contributed by atoms with E-state index in [0.717, 1.165) is 55.5 Å². The number of halogens is 1. The van der Waals surface area contributed by atoms with E-state index in [0.29, 0.717) is 5.41 Å². The Morgan fingerprint density at radius 3 is 2.79 bits per heavy atom. The summed E-state index contributed by atoms with van der Waals surface area (Å²) in [6.07, 6.45) is 2.22. The maximum Gasteiger partial charge on any atom is 0.124 e. The summed E-state index contributed by atoms with van der Waals surface area (Å²) >= 11 is 6.22. The Kier molecular flexibility index (Phi) is 5.08. The number of hydrogen-bond donors (Lipinski definition) is 1. The molecule has 1 aliphatic heterocycles. The highest BCUT2D eigenvalue weighted by Crippen LogP contribution is 2.30. The number of benzene rings is 1. The molecule has 0 bridgehead atoms. The average molecular weight is 284 g/mol. The predicted molar refractivity (Wildman–Crippen MR) is 77.9 cm³/mol. The molecule has 1 aromatic rings. The molecule has 1 aliphatic rings. The molecule has 1 aromatic carbocycles. The van der Waals surface area contributed by atoms with E-state index in [1.807, 2.05) is 18.2 Å². The molecule has 0 aliphatic carbocycles. The van der Waals surface area contributed by atoms with E-state index in [4.69, 9.17) is 21.1 Å². The molecule has 1 saturated heterocycles. The topological polar surface area (TPSA) is 30.5 Å². The Bertz CT molecular complexity index is 417. The molecule has 4 heteroatoms. The molecule has 0 radical (unpaired) electrons. The Morgan fingerprint density at radius 1 is 1.37 bits per heavy atom. The monoisotopic (exact) mass is 283 g/mol. The van der Waals surface area contributed by atoms with Crippen molar-refractivity contribution in [3.8, 4) is 5.75 Å². The highest BCUT2D eigenvalue weighted by atomic mass is 35.5. The normalized spacial score (nSPS) is 18.3. The van der Waals surface area contributed by atoms with Crippen molar-refractivity contribution in [2.24, 2.45) is 5.41 Å². The molecule has 0 spiro atoms. The fraction of sp³-hybridized carbons (Fsp3) is 0.600. The van der Waals surface area contributed by atoms with Gasteiger partial charge in [-0.15, -0.1) is 0 Å². The third-order valence-corrected chi connectivity index (χ3v) is 4.20. The van der Waals surface area contributed by atoms with E-state index < -0.39 is 0 Å². The van der Waals surface area contributed by atoms with Crippen LogP contribution in [0.4, 0.5) is 0 Å². The quantitative estimate of drug-likeness (QED) is 0.900. The summed E-state index contributed by atoms with van der Waals surface area (Å²) in [7, 11) is 1.68. The molecule has 3 nitrogen and oxygen atoms in total. The second-order valence-corrected chi connectivity index (χ2v) is 5.85. The van der Waals surface area contributed by atoms with E-state index >= 15 is 0 Å². The van der Waals surface area contributed by atoms with E-state index in [2.05, 4.69) is 12.2 Å². The molecule has 0 atom stereocenters. The maximum atomic E-state index is 6.22. The van der Waals surface area contributed by atoms with Crippen LogP contribution in [0.1, 0.15) is 25.3 Å². The lowest BCUT2D eigenvalue weighted by atomic mass is 9.82. The summed E-state index contributed by atoms with van der Waals surface area (Å²) in [5.74, 6) is 0.845. The number of hydrogen-bond acceptors (Lipinski definition) is 3. The van der Waals surface area contributed by atoms with E-state index in [9.17, 15) is 0 Å². The van der Waals surface area contributed by atoms with Crippen LogP contribution in [0.15, 0.2) is 18.2 Å². The summed E-state index contributed by atoms with van der Waals surface area (Å²) in [5.41, 5.74) is 1.36. The third kappa shape index (κ3) is 3.85. The molecule has 1 N–H and O–H groups in total. The number of nitrogens with one attached hydrogen (secondary N) is 1. The minimum absolute atomic E-state index is 0.326. The van der Waals surface area contributed by atoms with Gasteiger partial charge < -0.3 is 14.8 Å². The van der Waals surface area contributed by atoms with Gasteiger partial charge in [0.15, 0.2) is 0 Å². The Balaban J connectivity index is 1.92. The SMILES string of the molecule is COc1cccc(Cl)c1CNCC1(C)CCOCC1. The minimum Gasteiger partial charge on any atom is -0.496 e. The minimum atomic E-state index is 0.326. The van der Waals surface area contributed by atoms with Gasteiger partial charge in [-0.3, -0.25) is 0 Å². The summed E-state index contributed by atoms with van der Waals surface area (Å²) in [4.78, 5) is 0. The van der Waals surface area contributed by atoms with Crippen LogP contribution in [0.5, 0.6) is 5.75 Å². The first-order valence-corrected chi connectivity index (χ1v) is 7.12. The average Bonchev–Trinajstić information content (AvgIpc) is 2.41. The fourth-order valence-electron chi connectivity index (χ4n) is 2.43. The zero-order valence-electron chi connectivity index (χ0n) is 11.7. The molecule has 1 fully saturated rings. The molecule has 0 aromatic heterocycles. The molecular formula is C15H22ClNO2. The lowest BCUT2D eigenvalue weighted by molar-refractivity contribution is 0.0240. The largest absolute Gasteiger partial charge is 0.496 e. The number of rotatable bonds is 5. The van der Waals surface area contributed by atoms with Crippen molar-refractivity contribution in [3.05, 3.63) is 28.8 Å². The number of ether oxygens (including phenoxy) is 2. The van der Waals surface area contributed by atoms with Gasteiger partial charge in [0.05, 0.1) is 7.11 Å². The van der Waals surface area contributed by atoms with Gasteiger partial charge in [0, 0.05) is 36.9 Å². The lowest BCUT2D eigenvalue weighted by Gasteiger charge is -2.33. The molecule has 106 valence electrons. The van der Waals surface area contributed by atoms with Crippen molar-refractivity contribution in [2.75, 3.05) is 26.9 Å². The summed E-state index contributed by atoms with van der Waals surface area (Å²) in [6, 6.07) is 5.75. The highest BCUT2D eigenvalue weighted by Gasteiger charge is 2.26. The van der Waals surface area contributed by atoms with Crippen molar-refractivity contribution >= 4 is 11.6 Å². The Hall–Kier alpha value is -0.770. The van der Waals surface area contributed by atoms with Gasteiger partial charge in [0.2, 0.25) is 0 Å². The van der Waals surface area contributed by atoms with Gasteiger partial charge in [0.1, 0.15) is 5.75 Å². The molecule has 0 saturated carbocycles. The highest BCUT2D eigenvalue weighted by molar-refractivity contribution is 6.31. The van der Waals surface area contributed by atoms with Crippen molar-refractivity contribution in [1.29, 1.82) is 0 Å². The van der Waals surface area contributed by atoms with Gasteiger partial charge in [-0.2, -0.15) is 0 Å². The van der Waals surface area contributed by atoms with Crippen LogP contribution in [0, 0.1) is 5.41 Å². The van der Waals surface area contributed by atoms with Crippen LogP contribution in [-0.2, 0) is 11.3 Å². The van der Waals surface area contributed by atoms with Crippen LogP contribution < -0.4 is 10.1 Å².